The molecule has 0 aliphatic rings. The molecule has 0 saturated heterocycles. The van der Waals surface area contributed by atoms with Gasteiger partial charge in [0, 0.05) is 12.3 Å². The zero-order valence-corrected chi connectivity index (χ0v) is 11.9. The lowest BCUT2D eigenvalue weighted by Crippen LogP contribution is -1.99. The van der Waals surface area contributed by atoms with Crippen LogP contribution in [0.3, 0.4) is 0 Å². The lowest BCUT2D eigenvalue weighted by Gasteiger charge is -2.09. The van der Waals surface area contributed by atoms with Gasteiger partial charge in [0.15, 0.2) is 10.4 Å². The van der Waals surface area contributed by atoms with Crippen molar-refractivity contribution in [3.63, 3.8) is 0 Å². The van der Waals surface area contributed by atoms with E-state index in [1.54, 1.807) is 16.7 Å². The van der Waals surface area contributed by atoms with Crippen LogP contribution in [-0.2, 0) is 0 Å². The summed E-state index contributed by atoms with van der Waals surface area (Å²) in [6.45, 7) is 0. The lowest BCUT2D eigenvalue weighted by atomic mass is 10.2. The van der Waals surface area contributed by atoms with Crippen LogP contribution in [-0.4, -0.2) is 21.6 Å². The fraction of sp³-hybridized carbons (Fsp3) is 0.0769. The molecule has 2 aromatic heterocycles. The number of fused-ring (bicyclic) bond motifs is 1. The Morgan fingerprint density at radius 1 is 1.40 bits per heavy atom. The molecule has 0 radical (unpaired) electrons. The number of pyridine rings is 1. The standard InChI is InChI=1S/C13H9ClFN3OS/c1-19-11-5-8(15)2-3-10(11)18-12-9(17-13(18)20)4-7(14)6-16-12/h2-6H,1H3,(H,17,20). The summed E-state index contributed by atoms with van der Waals surface area (Å²) >= 11 is 11.2. The van der Waals surface area contributed by atoms with Crippen molar-refractivity contribution in [3.8, 4) is 11.4 Å². The molecule has 102 valence electrons. The van der Waals surface area contributed by atoms with E-state index in [1.807, 2.05) is 0 Å². The summed E-state index contributed by atoms with van der Waals surface area (Å²) in [5.41, 5.74) is 1.91. The largest absolute Gasteiger partial charge is 0.494 e. The summed E-state index contributed by atoms with van der Waals surface area (Å²) in [5, 5.41) is 0.506. The molecular weight excluding hydrogens is 301 g/mol. The Morgan fingerprint density at radius 2 is 2.20 bits per heavy atom. The second kappa shape index (κ2) is 4.88. The van der Waals surface area contributed by atoms with Crippen LogP contribution in [0.25, 0.3) is 16.9 Å². The van der Waals surface area contributed by atoms with Crippen molar-refractivity contribution < 1.29 is 9.13 Å². The molecule has 3 aromatic rings. The maximum Gasteiger partial charge on any atom is 0.184 e. The van der Waals surface area contributed by atoms with Crippen LogP contribution in [0, 0.1) is 10.6 Å². The number of benzene rings is 1. The van der Waals surface area contributed by atoms with Gasteiger partial charge < -0.3 is 9.72 Å². The normalized spacial score (nSPS) is 10.9. The highest BCUT2D eigenvalue weighted by atomic mass is 35.5. The molecule has 0 atom stereocenters. The summed E-state index contributed by atoms with van der Waals surface area (Å²) in [6, 6.07) is 5.96. The molecule has 0 fully saturated rings. The minimum absolute atomic E-state index is 0.374. The Bertz CT molecular complexity index is 858. The van der Waals surface area contributed by atoms with Crippen molar-refractivity contribution in [1.29, 1.82) is 0 Å². The van der Waals surface area contributed by atoms with Gasteiger partial charge in [-0.25, -0.2) is 9.37 Å². The zero-order chi connectivity index (χ0) is 14.3. The molecule has 0 aliphatic heterocycles. The van der Waals surface area contributed by atoms with Crippen molar-refractivity contribution in [3.05, 3.63) is 46.1 Å². The number of H-pyrrole nitrogens is 1. The highest BCUT2D eigenvalue weighted by molar-refractivity contribution is 7.71. The average molecular weight is 310 g/mol. The highest BCUT2D eigenvalue weighted by Gasteiger charge is 2.13. The number of aromatic nitrogens is 3. The van der Waals surface area contributed by atoms with Crippen molar-refractivity contribution in [2.24, 2.45) is 0 Å². The SMILES string of the molecule is COc1cc(F)ccc1-n1c(=S)[nH]c2cc(Cl)cnc21. The molecule has 0 aliphatic carbocycles. The smallest absolute Gasteiger partial charge is 0.184 e. The molecule has 2 heterocycles. The summed E-state index contributed by atoms with van der Waals surface area (Å²) in [5.74, 6) is -0.00767. The fourth-order valence-electron chi connectivity index (χ4n) is 2.03. The molecule has 0 bridgehead atoms. The number of halogens is 2. The Balaban J connectivity index is 2.35. The van der Waals surface area contributed by atoms with Gasteiger partial charge in [0.1, 0.15) is 11.6 Å². The molecule has 0 amide bonds. The first-order valence-electron chi connectivity index (χ1n) is 5.70. The van der Waals surface area contributed by atoms with E-state index >= 15 is 0 Å². The summed E-state index contributed by atoms with van der Waals surface area (Å²) in [7, 11) is 1.47. The van der Waals surface area contributed by atoms with Crippen LogP contribution in [0.2, 0.25) is 5.02 Å². The Labute approximate surface area is 123 Å². The molecule has 7 heteroatoms. The Morgan fingerprint density at radius 3 is 2.95 bits per heavy atom. The third kappa shape index (κ3) is 2.07. The number of aromatic amines is 1. The van der Waals surface area contributed by atoms with Gasteiger partial charge in [-0.3, -0.25) is 4.57 Å². The van der Waals surface area contributed by atoms with Crippen molar-refractivity contribution in [1.82, 2.24) is 14.5 Å². The van der Waals surface area contributed by atoms with Gasteiger partial charge in [-0.1, -0.05) is 11.6 Å². The monoisotopic (exact) mass is 309 g/mol. The number of nitrogens with zero attached hydrogens (tertiary/aromatic N) is 2. The average Bonchev–Trinajstić information content (AvgIpc) is 2.73. The third-order valence-corrected chi connectivity index (χ3v) is 3.36. The minimum Gasteiger partial charge on any atom is -0.494 e. The quantitative estimate of drug-likeness (QED) is 0.730. The highest BCUT2D eigenvalue weighted by Crippen LogP contribution is 2.27. The molecule has 20 heavy (non-hydrogen) atoms. The number of ether oxygens (including phenoxy) is 1. The predicted molar refractivity (Wildman–Crippen MR) is 77.8 cm³/mol. The van der Waals surface area contributed by atoms with Gasteiger partial charge in [0.2, 0.25) is 0 Å². The molecule has 0 spiro atoms. The van der Waals surface area contributed by atoms with Crippen LogP contribution in [0.15, 0.2) is 30.5 Å². The number of methoxy groups -OCH3 is 1. The lowest BCUT2D eigenvalue weighted by molar-refractivity contribution is 0.409. The van der Waals surface area contributed by atoms with E-state index in [4.69, 9.17) is 28.6 Å². The number of hydrogen-bond donors (Lipinski definition) is 1. The van der Waals surface area contributed by atoms with E-state index in [1.165, 1.54) is 25.4 Å². The third-order valence-electron chi connectivity index (χ3n) is 2.87. The Kier molecular flexibility index (Phi) is 3.19. The minimum atomic E-state index is -0.382. The zero-order valence-electron chi connectivity index (χ0n) is 10.4. The second-order valence-electron chi connectivity index (χ2n) is 4.11. The maximum absolute atomic E-state index is 13.3. The molecule has 3 rings (SSSR count). The van der Waals surface area contributed by atoms with E-state index in [0.717, 1.165) is 0 Å². The van der Waals surface area contributed by atoms with Crippen LogP contribution in [0.5, 0.6) is 5.75 Å². The van der Waals surface area contributed by atoms with E-state index in [-0.39, 0.29) is 5.82 Å². The van der Waals surface area contributed by atoms with Gasteiger partial charge in [-0.15, -0.1) is 0 Å². The Hall–Kier alpha value is -1.92. The summed E-state index contributed by atoms with van der Waals surface area (Å²) in [6.07, 6.45) is 1.53. The van der Waals surface area contributed by atoms with E-state index < -0.39 is 0 Å². The predicted octanol–water partition coefficient (Wildman–Crippen LogP) is 3.88. The summed E-state index contributed by atoms with van der Waals surface area (Å²) < 4.78 is 20.6. The summed E-state index contributed by atoms with van der Waals surface area (Å²) in [4.78, 5) is 7.27. The van der Waals surface area contributed by atoms with Gasteiger partial charge >= 0.3 is 0 Å². The second-order valence-corrected chi connectivity index (χ2v) is 4.93. The molecule has 1 N–H and O–H groups in total. The van der Waals surface area contributed by atoms with E-state index in [0.29, 0.717) is 32.4 Å². The van der Waals surface area contributed by atoms with Gasteiger partial charge in [0.05, 0.1) is 23.3 Å². The maximum atomic E-state index is 13.3. The molecule has 0 saturated carbocycles. The first kappa shape index (κ1) is 13.1. The molecule has 0 unspecified atom stereocenters. The van der Waals surface area contributed by atoms with Crippen LogP contribution in [0.1, 0.15) is 0 Å². The van der Waals surface area contributed by atoms with Gasteiger partial charge in [0.25, 0.3) is 0 Å². The van der Waals surface area contributed by atoms with E-state index in [9.17, 15) is 4.39 Å². The van der Waals surface area contributed by atoms with E-state index in [2.05, 4.69) is 9.97 Å². The molecule has 4 nitrogen and oxygen atoms in total. The first-order chi connectivity index (χ1) is 9.60. The van der Waals surface area contributed by atoms with Crippen LogP contribution < -0.4 is 4.74 Å². The van der Waals surface area contributed by atoms with Gasteiger partial charge in [-0.05, 0) is 30.4 Å². The number of rotatable bonds is 2. The molecular formula is C13H9ClFN3OS. The van der Waals surface area contributed by atoms with Crippen LogP contribution >= 0.6 is 23.8 Å². The fourth-order valence-corrected chi connectivity index (χ4v) is 2.48. The molecule has 1 aromatic carbocycles. The van der Waals surface area contributed by atoms with Gasteiger partial charge in [-0.2, -0.15) is 0 Å². The number of imidazole rings is 1. The van der Waals surface area contributed by atoms with Crippen LogP contribution in [0.4, 0.5) is 4.39 Å². The van der Waals surface area contributed by atoms with Crippen molar-refractivity contribution in [2.75, 3.05) is 7.11 Å². The first-order valence-corrected chi connectivity index (χ1v) is 6.49. The van der Waals surface area contributed by atoms with Crippen molar-refractivity contribution >= 4 is 35.0 Å². The number of nitrogens with one attached hydrogen (secondary N) is 1. The number of hydrogen-bond acceptors (Lipinski definition) is 3. The topological polar surface area (TPSA) is 42.8 Å². The van der Waals surface area contributed by atoms with Crippen molar-refractivity contribution in [2.45, 2.75) is 0 Å².